The van der Waals surface area contributed by atoms with Crippen LogP contribution in [0.25, 0.3) is 0 Å². The number of nitrogens with one attached hydrogen (secondary N) is 1. The largest absolute Gasteiger partial charge is 0.434 e. The molecule has 0 bridgehead atoms. The van der Waals surface area contributed by atoms with Gasteiger partial charge in [-0.2, -0.15) is 5.48 Å². The first-order chi connectivity index (χ1) is 9.44. The SMILES string of the molecule is CCCCCCC(=O)NOC(=O)N1CCC(F)(F)CC1. The van der Waals surface area contributed by atoms with Gasteiger partial charge in [-0.05, 0) is 6.42 Å². The van der Waals surface area contributed by atoms with E-state index in [-0.39, 0.29) is 31.8 Å². The van der Waals surface area contributed by atoms with E-state index in [1.165, 1.54) is 4.90 Å². The lowest BCUT2D eigenvalue weighted by Gasteiger charge is -2.30. The average molecular weight is 292 g/mol. The number of rotatable bonds is 5. The third-order valence-corrected chi connectivity index (χ3v) is 3.26. The van der Waals surface area contributed by atoms with Gasteiger partial charge in [0.15, 0.2) is 0 Å². The second-order valence-corrected chi connectivity index (χ2v) is 5.05. The fraction of sp³-hybridized carbons (Fsp3) is 0.846. The van der Waals surface area contributed by atoms with E-state index in [4.69, 9.17) is 0 Å². The molecule has 0 unspecified atom stereocenters. The number of likely N-dealkylation sites (tertiary alicyclic amines) is 1. The Hall–Kier alpha value is -1.40. The molecule has 2 amide bonds. The monoisotopic (exact) mass is 292 g/mol. The molecule has 0 aromatic heterocycles. The van der Waals surface area contributed by atoms with Crippen molar-refractivity contribution in [3.05, 3.63) is 0 Å². The molecule has 0 spiro atoms. The van der Waals surface area contributed by atoms with Crippen LogP contribution in [0.1, 0.15) is 51.9 Å². The first-order valence-electron chi connectivity index (χ1n) is 7.07. The van der Waals surface area contributed by atoms with Crippen LogP contribution < -0.4 is 5.48 Å². The van der Waals surface area contributed by atoms with Crippen LogP contribution in [0.2, 0.25) is 0 Å². The van der Waals surface area contributed by atoms with Gasteiger partial charge < -0.3 is 9.74 Å². The summed E-state index contributed by atoms with van der Waals surface area (Å²) in [6, 6.07) is 0. The van der Waals surface area contributed by atoms with E-state index in [1.807, 2.05) is 0 Å². The number of carbonyl (C=O) groups excluding carboxylic acids is 2. The van der Waals surface area contributed by atoms with Gasteiger partial charge in [-0.25, -0.2) is 13.6 Å². The number of piperidine rings is 1. The lowest BCUT2D eigenvalue weighted by atomic mass is 10.1. The van der Waals surface area contributed by atoms with Crippen LogP contribution >= 0.6 is 0 Å². The van der Waals surface area contributed by atoms with Gasteiger partial charge in [0.25, 0.3) is 11.8 Å². The Balaban J connectivity index is 2.15. The summed E-state index contributed by atoms with van der Waals surface area (Å²) >= 11 is 0. The van der Waals surface area contributed by atoms with Gasteiger partial charge in [0.05, 0.1) is 0 Å². The van der Waals surface area contributed by atoms with Crippen molar-refractivity contribution in [3.8, 4) is 0 Å². The molecule has 0 atom stereocenters. The third-order valence-electron chi connectivity index (χ3n) is 3.26. The summed E-state index contributed by atoms with van der Waals surface area (Å²) in [6.45, 7) is 1.96. The molecule has 20 heavy (non-hydrogen) atoms. The fourth-order valence-electron chi connectivity index (χ4n) is 1.94. The minimum atomic E-state index is -2.71. The summed E-state index contributed by atoms with van der Waals surface area (Å²) in [5, 5.41) is 0. The highest BCUT2D eigenvalue weighted by atomic mass is 19.3. The van der Waals surface area contributed by atoms with E-state index in [9.17, 15) is 18.4 Å². The van der Waals surface area contributed by atoms with Crippen LogP contribution in [-0.4, -0.2) is 35.9 Å². The lowest BCUT2D eigenvalue weighted by molar-refractivity contribution is -0.130. The van der Waals surface area contributed by atoms with Gasteiger partial charge in [0, 0.05) is 32.4 Å². The highest BCUT2D eigenvalue weighted by molar-refractivity contribution is 5.77. The highest BCUT2D eigenvalue weighted by Crippen LogP contribution is 2.27. The quantitative estimate of drug-likeness (QED) is 0.626. The Kier molecular flexibility index (Phi) is 6.67. The molecule has 7 heteroatoms. The van der Waals surface area contributed by atoms with Crippen LogP contribution in [0.5, 0.6) is 0 Å². The van der Waals surface area contributed by atoms with Crippen LogP contribution in [0.4, 0.5) is 13.6 Å². The molecule has 116 valence electrons. The number of hydroxylamine groups is 1. The minimum absolute atomic E-state index is 0.0573. The van der Waals surface area contributed by atoms with Crippen LogP contribution in [-0.2, 0) is 9.63 Å². The summed E-state index contributed by atoms with van der Waals surface area (Å²) in [7, 11) is 0. The van der Waals surface area contributed by atoms with E-state index in [1.54, 1.807) is 0 Å². The Morgan fingerprint density at radius 2 is 1.85 bits per heavy atom. The van der Waals surface area contributed by atoms with E-state index in [2.05, 4.69) is 17.2 Å². The standard InChI is InChI=1S/C13H22F2N2O3/c1-2-3-4-5-6-11(18)16-20-12(19)17-9-7-13(14,15)8-10-17/h2-10H2,1H3,(H,16,18). The van der Waals surface area contributed by atoms with E-state index >= 15 is 0 Å². The fourth-order valence-corrected chi connectivity index (χ4v) is 1.94. The van der Waals surface area contributed by atoms with Crippen LogP contribution in [0.3, 0.4) is 0 Å². The van der Waals surface area contributed by atoms with Crippen molar-refractivity contribution in [1.29, 1.82) is 0 Å². The molecule has 0 aromatic rings. The highest BCUT2D eigenvalue weighted by Gasteiger charge is 2.36. The Morgan fingerprint density at radius 1 is 1.20 bits per heavy atom. The molecule has 1 heterocycles. The summed E-state index contributed by atoms with van der Waals surface area (Å²) in [6.07, 6.45) is 2.63. The number of alkyl halides is 2. The molecule has 1 aliphatic rings. The molecular weight excluding hydrogens is 270 g/mol. The lowest BCUT2D eigenvalue weighted by Crippen LogP contribution is -2.45. The molecule has 0 radical (unpaired) electrons. The van der Waals surface area contributed by atoms with Crippen molar-refractivity contribution in [2.75, 3.05) is 13.1 Å². The molecule has 1 aliphatic heterocycles. The van der Waals surface area contributed by atoms with Crippen LogP contribution in [0, 0.1) is 0 Å². The van der Waals surface area contributed by atoms with Gasteiger partial charge in [-0.15, -0.1) is 0 Å². The molecule has 1 rings (SSSR count). The minimum Gasteiger partial charge on any atom is -0.321 e. The van der Waals surface area contributed by atoms with Gasteiger partial charge >= 0.3 is 6.09 Å². The number of halogens is 2. The number of hydrogen-bond donors (Lipinski definition) is 1. The maximum absolute atomic E-state index is 12.9. The zero-order valence-electron chi connectivity index (χ0n) is 11.8. The van der Waals surface area contributed by atoms with Crippen molar-refractivity contribution >= 4 is 12.0 Å². The predicted molar refractivity (Wildman–Crippen MR) is 69.1 cm³/mol. The number of amides is 2. The smallest absolute Gasteiger partial charge is 0.321 e. The summed E-state index contributed by atoms with van der Waals surface area (Å²) < 4.78 is 25.8. The Bertz CT molecular complexity index is 328. The van der Waals surface area contributed by atoms with Gasteiger partial charge in [-0.1, -0.05) is 26.2 Å². The number of hydrogen-bond acceptors (Lipinski definition) is 3. The van der Waals surface area contributed by atoms with Gasteiger partial charge in [0.1, 0.15) is 0 Å². The summed E-state index contributed by atoms with van der Waals surface area (Å²) in [5.41, 5.74) is 2.06. The van der Waals surface area contributed by atoms with E-state index in [0.717, 1.165) is 25.7 Å². The van der Waals surface area contributed by atoms with Crippen molar-refractivity contribution in [2.24, 2.45) is 0 Å². The van der Waals surface area contributed by atoms with Crippen molar-refractivity contribution in [2.45, 2.75) is 57.8 Å². The third kappa shape index (κ3) is 6.16. The maximum atomic E-state index is 12.9. The topological polar surface area (TPSA) is 58.6 Å². The second-order valence-electron chi connectivity index (χ2n) is 5.05. The van der Waals surface area contributed by atoms with Crippen molar-refractivity contribution in [3.63, 3.8) is 0 Å². The van der Waals surface area contributed by atoms with E-state index < -0.39 is 12.0 Å². The first-order valence-corrected chi connectivity index (χ1v) is 7.07. The Morgan fingerprint density at radius 3 is 2.45 bits per heavy atom. The van der Waals surface area contributed by atoms with E-state index in [0.29, 0.717) is 6.42 Å². The first kappa shape index (κ1) is 16.7. The molecule has 0 aromatic carbocycles. The van der Waals surface area contributed by atoms with Gasteiger partial charge in [0.2, 0.25) is 0 Å². The predicted octanol–water partition coefficient (Wildman–Crippen LogP) is 2.86. The molecule has 0 aliphatic carbocycles. The molecular formula is C13H22F2N2O3. The molecule has 1 fully saturated rings. The summed E-state index contributed by atoms with van der Waals surface area (Å²) in [5.74, 6) is -3.07. The van der Waals surface area contributed by atoms with Gasteiger partial charge in [-0.3, -0.25) is 4.79 Å². The molecule has 1 N–H and O–H groups in total. The number of unbranched alkanes of at least 4 members (excludes halogenated alkanes) is 3. The van der Waals surface area contributed by atoms with Crippen molar-refractivity contribution < 1.29 is 23.2 Å². The summed E-state index contributed by atoms with van der Waals surface area (Å²) in [4.78, 5) is 28.7. The molecule has 0 saturated carbocycles. The Labute approximate surface area is 117 Å². The second kappa shape index (κ2) is 8.01. The number of nitrogens with zero attached hydrogens (tertiary/aromatic N) is 1. The maximum Gasteiger partial charge on any atom is 0.434 e. The number of carbonyl (C=O) groups is 2. The zero-order chi connectivity index (χ0) is 15.0. The van der Waals surface area contributed by atoms with Crippen LogP contribution in [0.15, 0.2) is 0 Å². The normalized spacial score (nSPS) is 17.6. The zero-order valence-corrected chi connectivity index (χ0v) is 11.8. The average Bonchev–Trinajstić information content (AvgIpc) is 2.41. The van der Waals surface area contributed by atoms with Crippen molar-refractivity contribution in [1.82, 2.24) is 10.4 Å². The molecule has 1 saturated heterocycles. The molecule has 5 nitrogen and oxygen atoms in total.